The van der Waals surface area contributed by atoms with Crippen molar-refractivity contribution in [3.63, 3.8) is 0 Å². The zero-order chi connectivity index (χ0) is 21.4. The Morgan fingerprint density at radius 2 is 1.79 bits per heavy atom. The number of nitrogens with zero attached hydrogens (tertiary/aromatic N) is 3. The highest BCUT2D eigenvalue weighted by Gasteiger charge is 2.34. The molecule has 0 saturated carbocycles. The third kappa shape index (κ3) is 3.93. The number of rotatable bonds is 4. The monoisotopic (exact) mass is 425 g/mol. The van der Waals surface area contributed by atoms with E-state index < -0.39 is 44.1 Å². The zero-order valence-corrected chi connectivity index (χ0v) is 15.4. The number of nitriles is 1. The van der Waals surface area contributed by atoms with Gasteiger partial charge in [0.2, 0.25) is 17.5 Å². The highest BCUT2D eigenvalue weighted by atomic mass is 32.2. The Bertz CT molecular complexity index is 1200. The molecule has 0 radical (unpaired) electrons. The number of sulfonamides is 1. The van der Waals surface area contributed by atoms with Gasteiger partial charge in [-0.15, -0.1) is 0 Å². The lowest BCUT2D eigenvalue weighted by atomic mass is 10.2. The molecule has 0 saturated heterocycles. The second-order valence-electron chi connectivity index (χ2n) is 5.79. The fourth-order valence-electron chi connectivity index (χ4n) is 2.41. The normalized spacial score (nSPS) is 11.9. The van der Waals surface area contributed by atoms with E-state index in [9.17, 15) is 31.2 Å². The molecule has 150 valence electrons. The molecule has 0 bridgehead atoms. The van der Waals surface area contributed by atoms with E-state index in [4.69, 9.17) is 4.42 Å². The van der Waals surface area contributed by atoms with Gasteiger partial charge < -0.3 is 4.42 Å². The third-order valence-corrected chi connectivity index (χ3v) is 5.65. The third-order valence-electron chi connectivity index (χ3n) is 3.91. The van der Waals surface area contributed by atoms with E-state index in [0.29, 0.717) is 10.4 Å². The topological polar surface area (TPSA) is 87.2 Å². The Balaban J connectivity index is 2.05. The van der Waals surface area contributed by atoms with Gasteiger partial charge in [-0.2, -0.15) is 23.4 Å². The first kappa shape index (κ1) is 20.3. The van der Waals surface area contributed by atoms with Gasteiger partial charge in [0.15, 0.2) is 0 Å². The van der Waals surface area contributed by atoms with E-state index >= 15 is 0 Å². The fourth-order valence-corrected chi connectivity index (χ4v) is 3.60. The summed E-state index contributed by atoms with van der Waals surface area (Å²) in [5.74, 6) is -1.16. The van der Waals surface area contributed by atoms with Gasteiger partial charge in [0.1, 0.15) is 11.9 Å². The van der Waals surface area contributed by atoms with Crippen LogP contribution in [-0.4, -0.2) is 20.4 Å². The number of alkyl halides is 3. The molecule has 0 amide bonds. The van der Waals surface area contributed by atoms with Crippen LogP contribution < -0.4 is 4.31 Å². The molecule has 0 atom stereocenters. The molecule has 0 aliphatic heterocycles. The largest absolute Gasteiger partial charge is 0.418 e. The SMILES string of the molecule is CN(c1oc(-c2ccc(F)cc2)nc1C#N)S(=O)(=O)c1cccc(C(F)(F)F)c1. The van der Waals surface area contributed by atoms with Crippen LogP contribution in [0.3, 0.4) is 0 Å². The molecule has 6 nitrogen and oxygen atoms in total. The van der Waals surface area contributed by atoms with Crippen LogP contribution in [0.4, 0.5) is 23.4 Å². The molecule has 0 fully saturated rings. The maximum Gasteiger partial charge on any atom is 0.416 e. The summed E-state index contributed by atoms with van der Waals surface area (Å²) in [6.07, 6.45) is -4.73. The Labute approximate surface area is 162 Å². The summed E-state index contributed by atoms with van der Waals surface area (Å²) in [4.78, 5) is 3.24. The number of oxazole rings is 1. The molecule has 3 rings (SSSR count). The average molecular weight is 425 g/mol. The van der Waals surface area contributed by atoms with Crippen LogP contribution in [0.25, 0.3) is 11.5 Å². The van der Waals surface area contributed by atoms with Crippen LogP contribution >= 0.6 is 0 Å². The summed E-state index contributed by atoms with van der Waals surface area (Å²) in [6, 6.07) is 9.70. The molecule has 2 aromatic carbocycles. The maximum absolute atomic E-state index is 13.1. The Kier molecular flexibility index (Phi) is 5.06. The number of aromatic nitrogens is 1. The van der Waals surface area contributed by atoms with Crippen molar-refractivity contribution < 1.29 is 30.4 Å². The van der Waals surface area contributed by atoms with Crippen molar-refractivity contribution in [2.45, 2.75) is 11.1 Å². The second kappa shape index (κ2) is 7.21. The lowest BCUT2D eigenvalue weighted by Gasteiger charge is -2.17. The predicted molar refractivity (Wildman–Crippen MR) is 93.6 cm³/mol. The highest BCUT2D eigenvalue weighted by Crippen LogP contribution is 2.33. The number of benzene rings is 2. The van der Waals surface area contributed by atoms with E-state index in [1.165, 1.54) is 12.1 Å². The van der Waals surface area contributed by atoms with Crippen molar-refractivity contribution in [1.82, 2.24) is 4.98 Å². The van der Waals surface area contributed by atoms with Crippen molar-refractivity contribution >= 4 is 15.9 Å². The van der Waals surface area contributed by atoms with Crippen LogP contribution in [0.15, 0.2) is 57.8 Å². The molecular weight excluding hydrogens is 414 g/mol. The Morgan fingerprint density at radius 3 is 2.38 bits per heavy atom. The number of halogens is 4. The molecule has 0 aliphatic rings. The minimum atomic E-state index is -4.73. The van der Waals surface area contributed by atoms with E-state index in [-0.39, 0.29) is 11.5 Å². The van der Waals surface area contributed by atoms with Crippen molar-refractivity contribution in [3.05, 3.63) is 65.6 Å². The maximum atomic E-state index is 13.1. The first-order valence-corrected chi connectivity index (χ1v) is 9.31. The summed E-state index contributed by atoms with van der Waals surface area (Å²) >= 11 is 0. The molecule has 0 aliphatic carbocycles. The van der Waals surface area contributed by atoms with Gasteiger partial charge in [-0.1, -0.05) is 6.07 Å². The lowest BCUT2D eigenvalue weighted by Crippen LogP contribution is -2.27. The van der Waals surface area contributed by atoms with Crippen molar-refractivity contribution in [1.29, 1.82) is 5.26 Å². The number of hydrogen-bond acceptors (Lipinski definition) is 5. The summed E-state index contributed by atoms with van der Waals surface area (Å²) in [5, 5.41) is 9.26. The summed E-state index contributed by atoms with van der Waals surface area (Å²) in [7, 11) is -3.48. The summed E-state index contributed by atoms with van der Waals surface area (Å²) < 4.78 is 83.3. The first-order valence-electron chi connectivity index (χ1n) is 7.87. The summed E-state index contributed by atoms with van der Waals surface area (Å²) in [6.45, 7) is 0. The minimum absolute atomic E-state index is 0.150. The van der Waals surface area contributed by atoms with Gasteiger partial charge in [-0.25, -0.2) is 17.1 Å². The molecule has 0 spiro atoms. The van der Waals surface area contributed by atoms with Gasteiger partial charge in [0, 0.05) is 12.6 Å². The fraction of sp³-hybridized carbons (Fsp3) is 0.111. The Morgan fingerprint density at radius 1 is 1.14 bits per heavy atom. The molecule has 1 aromatic heterocycles. The van der Waals surface area contributed by atoms with Crippen molar-refractivity contribution in [3.8, 4) is 17.5 Å². The van der Waals surface area contributed by atoms with Crippen LogP contribution in [0.5, 0.6) is 0 Å². The zero-order valence-electron chi connectivity index (χ0n) is 14.6. The highest BCUT2D eigenvalue weighted by molar-refractivity contribution is 7.92. The molecular formula is C18H11F4N3O3S. The quantitative estimate of drug-likeness (QED) is 0.585. The van der Waals surface area contributed by atoms with E-state index in [1.807, 2.05) is 0 Å². The van der Waals surface area contributed by atoms with Gasteiger partial charge in [0.05, 0.1) is 10.5 Å². The molecule has 0 unspecified atom stereocenters. The molecule has 3 aromatic rings. The van der Waals surface area contributed by atoms with Crippen LogP contribution in [0, 0.1) is 17.1 Å². The van der Waals surface area contributed by atoms with Gasteiger partial charge >= 0.3 is 6.18 Å². The van der Waals surface area contributed by atoms with Gasteiger partial charge in [-0.05, 0) is 42.5 Å². The smallest absolute Gasteiger partial charge is 0.416 e. The van der Waals surface area contributed by atoms with E-state index in [1.54, 1.807) is 6.07 Å². The summed E-state index contributed by atoms with van der Waals surface area (Å²) in [5.41, 5.74) is -1.27. The number of hydrogen-bond donors (Lipinski definition) is 0. The van der Waals surface area contributed by atoms with Crippen molar-refractivity contribution in [2.24, 2.45) is 0 Å². The average Bonchev–Trinajstić information content (AvgIpc) is 3.11. The van der Waals surface area contributed by atoms with Crippen molar-refractivity contribution in [2.75, 3.05) is 11.4 Å². The lowest BCUT2D eigenvalue weighted by molar-refractivity contribution is -0.137. The van der Waals surface area contributed by atoms with Gasteiger partial charge in [0.25, 0.3) is 10.0 Å². The van der Waals surface area contributed by atoms with Crippen LogP contribution in [-0.2, 0) is 16.2 Å². The minimum Gasteiger partial charge on any atom is -0.418 e. The molecule has 1 heterocycles. The Hall–Kier alpha value is -3.39. The number of anilines is 1. The van der Waals surface area contributed by atoms with Crippen LogP contribution in [0.1, 0.15) is 11.3 Å². The van der Waals surface area contributed by atoms with Gasteiger partial charge in [-0.3, -0.25) is 0 Å². The van der Waals surface area contributed by atoms with E-state index in [0.717, 1.165) is 37.4 Å². The van der Waals surface area contributed by atoms with E-state index in [2.05, 4.69) is 4.98 Å². The molecule has 29 heavy (non-hydrogen) atoms. The standard InChI is InChI=1S/C18H11F4N3O3S/c1-25(29(26,27)14-4-2-3-12(9-14)18(20,21)22)17-15(10-23)24-16(28-17)11-5-7-13(19)8-6-11/h2-9H,1H3. The second-order valence-corrected chi connectivity index (χ2v) is 7.76. The molecule has 0 N–H and O–H groups in total. The predicted octanol–water partition coefficient (Wildman–Crippen LogP) is 4.20. The first-order chi connectivity index (χ1) is 13.5. The molecule has 11 heteroatoms. The van der Waals surface area contributed by atoms with Crippen LogP contribution in [0.2, 0.25) is 0 Å².